The molecule has 0 aliphatic rings. The zero-order valence-corrected chi connectivity index (χ0v) is 17.7. The van der Waals surface area contributed by atoms with Crippen molar-refractivity contribution in [3.05, 3.63) is 48.0 Å². The van der Waals surface area contributed by atoms with Crippen LogP contribution in [0.15, 0.2) is 47.4 Å². The van der Waals surface area contributed by atoms with Gasteiger partial charge in [0.25, 0.3) is 0 Å². The molecular formula is C21H28N2O4S. The molecule has 0 heterocycles. The molecule has 0 radical (unpaired) electrons. The molecule has 0 aliphatic carbocycles. The van der Waals surface area contributed by atoms with Crippen LogP contribution in [0.5, 0.6) is 5.75 Å². The zero-order chi connectivity index (χ0) is 20.7. The lowest BCUT2D eigenvalue weighted by Crippen LogP contribution is -2.22. The van der Waals surface area contributed by atoms with E-state index in [9.17, 15) is 13.2 Å². The van der Waals surface area contributed by atoms with Crippen molar-refractivity contribution in [3.63, 3.8) is 0 Å². The fraction of sp³-hybridized carbons (Fsp3) is 0.381. The summed E-state index contributed by atoms with van der Waals surface area (Å²) in [6.07, 6.45) is -0.114. The summed E-state index contributed by atoms with van der Waals surface area (Å²) in [6.45, 7) is 7.93. The fourth-order valence-electron chi connectivity index (χ4n) is 2.93. The number of hydrogen-bond donors (Lipinski definition) is 1. The van der Waals surface area contributed by atoms with E-state index in [1.165, 1.54) is 19.2 Å². The summed E-state index contributed by atoms with van der Waals surface area (Å²) in [5.41, 5.74) is 2.73. The lowest BCUT2D eigenvalue weighted by atomic mass is 10.1. The summed E-state index contributed by atoms with van der Waals surface area (Å²) in [7, 11) is -2.08. The van der Waals surface area contributed by atoms with Gasteiger partial charge in [-0.05, 0) is 62.7 Å². The Kier molecular flexibility index (Phi) is 7.45. The topological polar surface area (TPSA) is 75.7 Å². The highest BCUT2D eigenvalue weighted by Gasteiger charge is 2.17. The first-order valence-corrected chi connectivity index (χ1v) is 11.0. The lowest BCUT2D eigenvalue weighted by Gasteiger charge is -2.22. The van der Waals surface area contributed by atoms with Crippen molar-refractivity contribution >= 4 is 27.1 Å². The Balaban J connectivity index is 2.02. The Morgan fingerprint density at radius 1 is 1.11 bits per heavy atom. The van der Waals surface area contributed by atoms with Crippen LogP contribution in [0.4, 0.5) is 11.4 Å². The number of nitrogens with one attached hydrogen (secondary N) is 1. The number of anilines is 2. The second kappa shape index (κ2) is 9.59. The number of sulfone groups is 1. The fourth-order valence-corrected chi connectivity index (χ4v) is 4.20. The van der Waals surface area contributed by atoms with E-state index in [2.05, 4.69) is 24.1 Å². The molecule has 28 heavy (non-hydrogen) atoms. The van der Waals surface area contributed by atoms with E-state index in [0.717, 1.165) is 24.3 Å². The maximum absolute atomic E-state index is 12.5. The monoisotopic (exact) mass is 404 g/mol. The van der Waals surface area contributed by atoms with Crippen LogP contribution >= 0.6 is 0 Å². The maximum Gasteiger partial charge on any atom is 0.225 e. The summed E-state index contributed by atoms with van der Waals surface area (Å²) < 4.78 is 30.0. The first-order chi connectivity index (χ1) is 13.3. The molecule has 1 amide bonds. The van der Waals surface area contributed by atoms with E-state index < -0.39 is 9.84 Å². The van der Waals surface area contributed by atoms with Crippen LogP contribution in [0.25, 0.3) is 0 Å². The van der Waals surface area contributed by atoms with Crippen molar-refractivity contribution in [2.75, 3.05) is 36.2 Å². The Bertz CT molecular complexity index is 922. The SMILES string of the molecule is CCN(CC)c1ccc(NC(=O)CCS(=O)(=O)c2cccc(OC)c2)c(C)c1. The van der Waals surface area contributed by atoms with Crippen molar-refractivity contribution in [1.29, 1.82) is 0 Å². The molecule has 0 aliphatic heterocycles. The summed E-state index contributed by atoms with van der Waals surface area (Å²) in [5, 5.41) is 2.81. The molecule has 6 nitrogen and oxygen atoms in total. The van der Waals surface area contributed by atoms with Crippen LogP contribution in [0, 0.1) is 6.92 Å². The predicted molar refractivity (Wildman–Crippen MR) is 113 cm³/mol. The van der Waals surface area contributed by atoms with Gasteiger partial charge in [0.05, 0.1) is 17.8 Å². The molecule has 7 heteroatoms. The van der Waals surface area contributed by atoms with Crippen LogP contribution in [0.2, 0.25) is 0 Å². The van der Waals surface area contributed by atoms with Gasteiger partial charge in [-0.25, -0.2) is 8.42 Å². The second-order valence-electron chi connectivity index (χ2n) is 6.47. The minimum Gasteiger partial charge on any atom is -0.497 e. The maximum atomic E-state index is 12.5. The number of carbonyl (C=O) groups is 1. The Morgan fingerprint density at radius 2 is 1.82 bits per heavy atom. The van der Waals surface area contributed by atoms with Crippen molar-refractivity contribution in [2.24, 2.45) is 0 Å². The van der Waals surface area contributed by atoms with E-state index in [0.29, 0.717) is 11.4 Å². The van der Waals surface area contributed by atoms with Crippen LogP contribution in [-0.2, 0) is 14.6 Å². The minimum absolute atomic E-state index is 0.114. The third kappa shape index (κ3) is 5.48. The zero-order valence-electron chi connectivity index (χ0n) is 16.9. The van der Waals surface area contributed by atoms with Gasteiger partial charge in [-0.1, -0.05) is 6.07 Å². The number of benzene rings is 2. The van der Waals surface area contributed by atoms with Gasteiger partial charge in [0.15, 0.2) is 9.84 Å². The molecule has 0 unspecified atom stereocenters. The summed E-state index contributed by atoms with van der Waals surface area (Å²) in [4.78, 5) is 14.7. The molecule has 0 saturated heterocycles. The van der Waals surface area contributed by atoms with E-state index in [1.54, 1.807) is 12.1 Å². The normalized spacial score (nSPS) is 11.1. The van der Waals surface area contributed by atoms with Crippen LogP contribution in [-0.4, -0.2) is 40.3 Å². The molecular weight excluding hydrogens is 376 g/mol. The Labute approximate surface area is 167 Å². The van der Waals surface area contributed by atoms with Crippen LogP contribution in [0.3, 0.4) is 0 Å². The highest BCUT2D eigenvalue weighted by Crippen LogP contribution is 2.23. The van der Waals surface area contributed by atoms with Gasteiger partial charge in [0.1, 0.15) is 5.75 Å². The van der Waals surface area contributed by atoms with E-state index in [-0.39, 0.29) is 23.0 Å². The van der Waals surface area contributed by atoms with Crippen molar-refractivity contribution < 1.29 is 17.9 Å². The van der Waals surface area contributed by atoms with Gasteiger partial charge in [-0.2, -0.15) is 0 Å². The molecule has 2 aromatic rings. The van der Waals surface area contributed by atoms with E-state index in [4.69, 9.17) is 4.74 Å². The molecule has 1 N–H and O–H groups in total. The average Bonchev–Trinajstić information content (AvgIpc) is 2.69. The second-order valence-corrected chi connectivity index (χ2v) is 8.58. The van der Waals surface area contributed by atoms with E-state index >= 15 is 0 Å². The number of rotatable bonds is 9. The number of aryl methyl sites for hydroxylation is 1. The number of hydrogen-bond acceptors (Lipinski definition) is 5. The first kappa shape index (κ1) is 21.8. The predicted octanol–water partition coefficient (Wildman–Crippen LogP) is 3.65. The molecule has 0 saturated carbocycles. The minimum atomic E-state index is -3.56. The molecule has 0 atom stereocenters. The van der Waals surface area contributed by atoms with Gasteiger partial charge in [0.2, 0.25) is 5.91 Å². The molecule has 0 bridgehead atoms. The van der Waals surface area contributed by atoms with Gasteiger partial charge < -0.3 is 15.0 Å². The van der Waals surface area contributed by atoms with Gasteiger partial charge in [-0.15, -0.1) is 0 Å². The highest BCUT2D eigenvalue weighted by molar-refractivity contribution is 7.91. The quantitative estimate of drug-likeness (QED) is 0.690. The molecule has 0 aromatic heterocycles. The van der Waals surface area contributed by atoms with Crippen molar-refractivity contribution in [1.82, 2.24) is 0 Å². The molecule has 2 rings (SSSR count). The number of ether oxygens (including phenoxy) is 1. The Morgan fingerprint density at radius 3 is 2.43 bits per heavy atom. The van der Waals surface area contributed by atoms with Crippen molar-refractivity contribution in [3.8, 4) is 5.75 Å². The van der Waals surface area contributed by atoms with E-state index in [1.807, 2.05) is 25.1 Å². The largest absolute Gasteiger partial charge is 0.497 e. The molecule has 0 fully saturated rings. The summed E-state index contributed by atoms with van der Waals surface area (Å²) in [6, 6.07) is 12.1. The van der Waals surface area contributed by atoms with Gasteiger partial charge in [-0.3, -0.25) is 4.79 Å². The van der Waals surface area contributed by atoms with Gasteiger partial charge >= 0.3 is 0 Å². The number of methoxy groups -OCH3 is 1. The highest BCUT2D eigenvalue weighted by atomic mass is 32.2. The number of carbonyl (C=O) groups excluding carboxylic acids is 1. The number of nitrogens with zero attached hydrogens (tertiary/aromatic N) is 1. The smallest absolute Gasteiger partial charge is 0.225 e. The molecule has 152 valence electrons. The standard InChI is InChI=1S/C21H28N2O4S/c1-5-23(6-2)17-10-11-20(16(3)14-17)22-21(24)12-13-28(25,26)19-9-7-8-18(15-19)27-4/h7-11,14-15H,5-6,12-13H2,1-4H3,(H,22,24). The summed E-state index contributed by atoms with van der Waals surface area (Å²) in [5.74, 6) is -0.123. The third-order valence-corrected chi connectivity index (χ3v) is 6.32. The molecule has 0 spiro atoms. The Hall–Kier alpha value is -2.54. The molecule has 2 aromatic carbocycles. The first-order valence-electron chi connectivity index (χ1n) is 9.33. The average molecular weight is 405 g/mol. The number of amides is 1. The van der Waals surface area contributed by atoms with Crippen LogP contribution < -0.4 is 15.0 Å². The van der Waals surface area contributed by atoms with Gasteiger partial charge in [0, 0.05) is 30.9 Å². The van der Waals surface area contributed by atoms with Crippen LogP contribution in [0.1, 0.15) is 25.8 Å². The summed E-state index contributed by atoms with van der Waals surface area (Å²) >= 11 is 0. The van der Waals surface area contributed by atoms with Crippen molar-refractivity contribution in [2.45, 2.75) is 32.1 Å². The third-order valence-electron chi connectivity index (χ3n) is 4.61. The lowest BCUT2D eigenvalue weighted by molar-refractivity contribution is -0.115.